The standard InChI is InChI=1S/C21H24N2O6S/c1-15(20(24)23-17-8-3-2-4-9-17)29-21(25)16-7-5-11-19(13-16)30(26,27)22-14-18-10-6-12-28-18/h2-5,7-9,11,13,15,18,22H,6,10,12,14H2,1H3,(H,23,24)/t15-,18-/m0/s1. The molecule has 0 aliphatic carbocycles. The first-order valence-corrected chi connectivity index (χ1v) is 11.1. The summed E-state index contributed by atoms with van der Waals surface area (Å²) in [5.74, 6) is -1.28. The summed E-state index contributed by atoms with van der Waals surface area (Å²) in [5.41, 5.74) is 0.616. The van der Waals surface area contributed by atoms with Crippen LogP contribution in [-0.2, 0) is 24.3 Å². The highest BCUT2D eigenvalue weighted by atomic mass is 32.2. The van der Waals surface area contributed by atoms with E-state index in [1.54, 1.807) is 24.3 Å². The van der Waals surface area contributed by atoms with E-state index >= 15 is 0 Å². The molecule has 8 nitrogen and oxygen atoms in total. The number of para-hydroxylation sites is 1. The van der Waals surface area contributed by atoms with Gasteiger partial charge in [0.05, 0.1) is 16.6 Å². The fourth-order valence-corrected chi connectivity index (χ4v) is 4.04. The Morgan fingerprint density at radius 3 is 2.63 bits per heavy atom. The van der Waals surface area contributed by atoms with Crippen molar-refractivity contribution in [1.82, 2.24) is 4.72 Å². The molecule has 0 bridgehead atoms. The van der Waals surface area contributed by atoms with Gasteiger partial charge in [-0.1, -0.05) is 24.3 Å². The molecule has 1 heterocycles. The average Bonchev–Trinajstić information content (AvgIpc) is 3.27. The Balaban J connectivity index is 1.61. The van der Waals surface area contributed by atoms with E-state index in [4.69, 9.17) is 9.47 Å². The number of carbonyl (C=O) groups is 2. The predicted octanol–water partition coefficient (Wildman–Crippen LogP) is 2.33. The molecule has 0 aromatic heterocycles. The Kier molecular flexibility index (Phi) is 7.20. The van der Waals surface area contributed by atoms with Gasteiger partial charge in [0.1, 0.15) is 0 Å². The van der Waals surface area contributed by atoms with Crippen LogP contribution in [-0.4, -0.2) is 45.7 Å². The molecule has 2 atom stereocenters. The van der Waals surface area contributed by atoms with Crippen molar-refractivity contribution in [3.05, 3.63) is 60.2 Å². The van der Waals surface area contributed by atoms with Gasteiger partial charge in [-0.05, 0) is 50.1 Å². The Morgan fingerprint density at radius 2 is 1.93 bits per heavy atom. The number of rotatable bonds is 8. The van der Waals surface area contributed by atoms with Gasteiger partial charge >= 0.3 is 5.97 Å². The number of hydrogen-bond donors (Lipinski definition) is 2. The van der Waals surface area contributed by atoms with Crippen LogP contribution >= 0.6 is 0 Å². The van der Waals surface area contributed by atoms with Crippen LogP contribution in [0, 0.1) is 0 Å². The van der Waals surface area contributed by atoms with Crippen molar-refractivity contribution >= 4 is 27.6 Å². The van der Waals surface area contributed by atoms with Gasteiger partial charge in [-0.15, -0.1) is 0 Å². The molecule has 2 aromatic carbocycles. The van der Waals surface area contributed by atoms with Crippen LogP contribution in [0.4, 0.5) is 5.69 Å². The lowest BCUT2D eigenvalue weighted by atomic mass is 10.2. The second-order valence-corrected chi connectivity index (χ2v) is 8.68. The summed E-state index contributed by atoms with van der Waals surface area (Å²) in [6.07, 6.45) is 0.509. The Labute approximate surface area is 175 Å². The first-order valence-electron chi connectivity index (χ1n) is 9.63. The summed E-state index contributed by atoms with van der Waals surface area (Å²) in [5, 5.41) is 2.64. The van der Waals surface area contributed by atoms with Gasteiger partial charge in [0.2, 0.25) is 10.0 Å². The minimum Gasteiger partial charge on any atom is -0.449 e. The maximum atomic E-state index is 12.5. The van der Waals surface area contributed by atoms with Gasteiger partial charge in [0.15, 0.2) is 6.10 Å². The molecule has 0 radical (unpaired) electrons. The van der Waals surface area contributed by atoms with Crippen molar-refractivity contribution in [2.45, 2.75) is 36.9 Å². The third-order valence-electron chi connectivity index (χ3n) is 4.60. The smallest absolute Gasteiger partial charge is 0.338 e. The van der Waals surface area contributed by atoms with Crippen molar-refractivity contribution < 1.29 is 27.5 Å². The van der Waals surface area contributed by atoms with E-state index in [1.165, 1.54) is 31.2 Å². The lowest BCUT2D eigenvalue weighted by Gasteiger charge is -2.14. The quantitative estimate of drug-likeness (QED) is 0.620. The van der Waals surface area contributed by atoms with Gasteiger partial charge < -0.3 is 14.8 Å². The van der Waals surface area contributed by atoms with Gasteiger partial charge in [-0.3, -0.25) is 4.79 Å². The number of nitrogens with one attached hydrogen (secondary N) is 2. The maximum Gasteiger partial charge on any atom is 0.338 e. The molecule has 30 heavy (non-hydrogen) atoms. The van der Waals surface area contributed by atoms with Crippen molar-refractivity contribution in [2.75, 3.05) is 18.5 Å². The number of ether oxygens (including phenoxy) is 2. The Hall–Kier alpha value is -2.75. The normalized spacial score (nSPS) is 17.3. The summed E-state index contributed by atoms with van der Waals surface area (Å²) >= 11 is 0. The molecule has 1 saturated heterocycles. The molecule has 3 rings (SSSR count). The van der Waals surface area contributed by atoms with Gasteiger partial charge in [0, 0.05) is 18.8 Å². The van der Waals surface area contributed by atoms with E-state index in [0.29, 0.717) is 12.3 Å². The van der Waals surface area contributed by atoms with Crippen LogP contribution in [0.3, 0.4) is 0 Å². The van der Waals surface area contributed by atoms with Gasteiger partial charge in [-0.25, -0.2) is 17.9 Å². The number of carbonyl (C=O) groups excluding carboxylic acids is 2. The van der Waals surface area contributed by atoms with Crippen LogP contribution in [0.25, 0.3) is 0 Å². The topological polar surface area (TPSA) is 111 Å². The second kappa shape index (κ2) is 9.84. The summed E-state index contributed by atoms with van der Waals surface area (Å²) < 4.78 is 38.1. The highest BCUT2D eigenvalue weighted by Gasteiger charge is 2.23. The fourth-order valence-electron chi connectivity index (χ4n) is 2.93. The van der Waals surface area contributed by atoms with Crippen LogP contribution < -0.4 is 10.0 Å². The molecular formula is C21H24N2O6S. The van der Waals surface area contributed by atoms with Gasteiger partial charge in [-0.2, -0.15) is 0 Å². The lowest BCUT2D eigenvalue weighted by molar-refractivity contribution is -0.123. The van der Waals surface area contributed by atoms with E-state index in [-0.39, 0.29) is 23.1 Å². The third-order valence-corrected chi connectivity index (χ3v) is 6.02. The second-order valence-electron chi connectivity index (χ2n) is 6.92. The third kappa shape index (κ3) is 5.88. The van der Waals surface area contributed by atoms with E-state index in [0.717, 1.165) is 12.8 Å². The zero-order valence-electron chi connectivity index (χ0n) is 16.5. The van der Waals surface area contributed by atoms with E-state index in [2.05, 4.69) is 10.0 Å². The fraction of sp³-hybridized carbons (Fsp3) is 0.333. The molecule has 160 valence electrons. The van der Waals surface area contributed by atoms with Crippen LogP contribution in [0.15, 0.2) is 59.5 Å². The molecule has 1 fully saturated rings. The molecule has 1 amide bonds. The molecule has 0 unspecified atom stereocenters. The Morgan fingerprint density at radius 1 is 1.17 bits per heavy atom. The monoisotopic (exact) mass is 432 g/mol. The zero-order chi connectivity index (χ0) is 21.6. The summed E-state index contributed by atoms with van der Waals surface area (Å²) in [6.45, 7) is 2.25. The minimum atomic E-state index is -3.81. The Bertz CT molecular complexity index is 988. The summed E-state index contributed by atoms with van der Waals surface area (Å²) in [6, 6.07) is 14.3. The van der Waals surface area contributed by atoms with E-state index in [9.17, 15) is 18.0 Å². The van der Waals surface area contributed by atoms with Crippen molar-refractivity contribution in [3.63, 3.8) is 0 Å². The van der Waals surface area contributed by atoms with E-state index in [1.807, 2.05) is 6.07 Å². The van der Waals surface area contributed by atoms with E-state index < -0.39 is 28.0 Å². The number of amides is 1. The molecule has 9 heteroatoms. The first kappa shape index (κ1) is 21.9. The molecular weight excluding hydrogens is 408 g/mol. The highest BCUT2D eigenvalue weighted by molar-refractivity contribution is 7.89. The number of anilines is 1. The predicted molar refractivity (Wildman–Crippen MR) is 111 cm³/mol. The van der Waals surface area contributed by atoms with Crippen LogP contribution in [0.5, 0.6) is 0 Å². The van der Waals surface area contributed by atoms with Crippen LogP contribution in [0.2, 0.25) is 0 Å². The largest absolute Gasteiger partial charge is 0.449 e. The number of hydrogen-bond acceptors (Lipinski definition) is 6. The van der Waals surface area contributed by atoms with Crippen molar-refractivity contribution in [2.24, 2.45) is 0 Å². The number of esters is 1. The number of sulfonamides is 1. The maximum absolute atomic E-state index is 12.5. The molecule has 0 saturated carbocycles. The zero-order valence-corrected chi connectivity index (χ0v) is 17.4. The van der Waals surface area contributed by atoms with Crippen LogP contribution in [0.1, 0.15) is 30.1 Å². The summed E-state index contributed by atoms with van der Waals surface area (Å²) in [7, 11) is -3.81. The first-order chi connectivity index (χ1) is 14.3. The summed E-state index contributed by atoms with van der Waals surface area (Å²) in [4.78, 5) is 24.6. The number of benzene rings is 2. The average molecular weight is 432 g/mol. The molecule has 2 N–H and O–H groups in total. The highest BCUT2D eigenvalue weighted by Crippen LogP contribution is 2.16. The lowest BCUT2D eigenvalue weighted by Crippen LogP contribution is -2.32. The SMILES string of the molecule is C[C@H](OC(=O)c1cccc(S(=O)(=O)NC[C@@H]2CCCO2)c1)C(=O)Nc1ccccc1. The minimum absolute atomic E-state index is 0.0364. The molecule has 1 aliphatic heterocycles. The van der Waals surface area contributed by atoms with Gasteiger partial charge in [0.25, 0.3) is 5.91 Å². The molecule has 1 aliphatic rings. The molecule has 0 spiro atoms. The van der Waals surface area contributed by atoms with Crippen molar-refractivity contribution in [1.29, 1.82) is 0 Å². The van der Waals surface area contributed by atoms with Crippen molar-refractivity contribution in [3.8, 4) is 0 Å². The molecule has 2 aromatic rings.